The molecular weight excluding hydrogens is 166 g/mol. The van der Waals surface area contributed by atoms with Gasteiger partial charge in [0.25, 0.3) is 0 Å². The third-order valence-corrected chi connectivity index (χ3v) is 1.86. The molecule has 0 spiro atoms. The summed E-state index contributed by atoms with van der Waals surface area (Å²) in [6.45, 7) is 3.37. The van der Waals surface area contributed by atoms with Crippen molar-refractivity contribution in [3.05, 3.63) is 34.2 Å². The Morgan fingerprint density at radius 3 is 2.92 bits per heavy atom. The van der Waals surface area contributed by atoms with Crippen LogP contribution in [0.1, 0.15) is 12.5 Å². The van der Waals surface area contributed by atoms with Gasteiger partial charge in [0.15, 0.2) is 0 Å². The highest BCUT2D eigenvalue weighted by Gasteiger charge is 1.97. The number of aromatic nitrogens is 1. The lowest BCUT2D eigenvalue weighted by Gasteiger charge is -2.10. The lowest BCUT2D eigenvalue weighted by atomic mass is 10.2. The average Bonchev–Trinajstić information content (AvgIpc) is 2.16. The first-order valence-electron chi connectivity index (χ1n) is 4.33. The van der Waals surface area contributed by atoms with Crippen LogP contribution in [0.25, 0.3) is 0 Å². The molecule has 4 heteroatoms. The molecule has 1 heterocycles. The summed E-state index contributed by atoms with van der Waals surface area (Å²) < 4.78 is 0. The van der Waals surface area contributed by atoms with E-state index in [4.69, 9.17) is 5.73 Å². The van der Waals surface area contributed by atoms with Gasteiger partial charge in [0.05, 0.1) is 0 Å². The van der Waals surface area contributed by atoms with Crippen LogP contribution in [-0.2, 0) is 6.54 Å². The lowest BCUT2D eigenvalue weighted by molar-refractivity contribution is 0.555. The second-order valence-electron chi connectivity index (χ2n) is 3.08. The van der Waals surface area contributed by atoms with E-state index in [1.165, 1.54) is 6.07 Å². The summed E-state index contributed by atoms with van der Waals surface area (Å²) in [5, 5.41) is 3.22. The van der Waals surface area contributed by atoms with Gasteiger partial charge < -0.3 is 16.0 Å². The van der Waals surface area contributed by atoms with E-state index in [9.17, 15) is 4.79 Å². The zero-order valence-corrected chi connectivity index (χ0v) is 7.71. The van der Waals surface area contributed by atoms with Gasteiger partial charge in [0.1, 0.15) is 0 Å². The van der Waals surface area contributed by atoms with Gasteiger partial charge >= 0.3 is 0 Å². The molecule has 0 amide bonds. The fourth-order valence-electron chi connectivity index (χ4n) is 0.928. The predicted molar refractivity (Wildman–Crippen MR) is 52.4 cm³/mol. The van der Waals surface area contributed by atoms with Crippen LogP contribution in [0.15, 0.2) is 23.1 Å². The van der Waals surface area contributed by atoms with Crippen LogP contribution in [0.3, 0.4) is 0 Å². The second-order valence-corrected chi connectivity index (χ2v) is 3.08. The summed E-state index contributed by atoms with van der Waals surface area (Å²) in [6.07, 6.45) is 1.71. The standard InChI is InChI=1S/C9H15N3O/c1-7(4-10)11-5-8-2-3-9(13)12-6-8/h2-3,6-7,11H,4-5,10H2,1H3,(H,12,13). The van der Waals surface area contributed by atoms with E-state index in [0.717, 1.165) is 12.1 Å². The third-order valence-electron chi connectivity index (χ3n) is 1.86. The molecule has 0 aliphatic rings. The molecule has 13 heavy (non-hydrogen) atoms. The molecule has 1 aromatic rings. The summed E-state index contributed by atoms with van der Waals surface area (Å²) >= 11 is 0. The van der Waals surface area contributed by atoms with Crippen LogP contribution in [0.2, 0.25) is 0 Å². The van der Waals surface area contributed by atoms with Crippen LogP contribution < -0.4 is 16.6 Å². The summed E-state index contributed by atoms with van der Waals surface area (Å²) in [7, 11) is 0. The lowest BCUT2D eigenvalue weighted by Crippen LogP contribution is -2.32. The molecule has 0 saturated carbocycles. The van der Waals surface area contributed by atoms with Gasteiger partial charge in [-0.1, -0.05) is 6.07 Å². The van der Waals surface area contributed by atoms with E-state index in [1.807, 2.05) is 6.92 Å². The molecule has 1 aromatic heterocycles. The van der Waals surface area contributed by atoms with Crippen LogP contribution in [0, 0.1) is 0 Å². The fourth-order valence-corrected chi connectivity index (χ4v) is 0.928. The highest BCUT2D eigenvalue weighted by Crippen LogP contribution is 1.92. The minimum atomic E-state index is -0.0735. The number of hydrogen-bond donors (Lipinski definition) is 3. The number of rotatable bonds is 4. The minimum Gasteiger partial charge on any atom is -0.329 e. The van der Waals surface area contributed by atoms with Gasteiger partial charge in [-0.15, -0.1) is 0 Å². The first-order chi connectivity index (χ1) is 6.22. The Balaban J connectivity index is 2.46. The Labute approximate surface area is 77.2 Å². The van der Waals surface area contributed by atoms with Crippen LogP contribution in [0.4, 0.5) is 0 Å². The van der Waals surface area contributed by atoms with Crippen molar-refractivity contribution in [3.8, 4) is 0 Å². The van der Waals surface area contributed by atoms with Crippen LogP contribution in [-0.4, -0.2) is 17.6 Å². The summed E-state index contributed by atoms with van der Waals surface area (Å²) in [5.74, 6) is 0. The van der Waals surface area contributed by atoms with E-state index in [2.05, 4.69) is 10.3 Å². The minimum absolute atomic E-state index is 0.0735. The number of nitrogens with one attached hydrogen (secondary N) is 2. The van der Waals surface area contributed by atoms with Crippen molar-refractivity contribution >= 4 is 0 Å². The van der Waals surface area contributed by atoms with Crippen molar-refractivity contribution in [2.75, 3.05) is 6.54 Å². The molecule has 0 saturated heterocycles. The van der Waals surface area contributed by atoms with Gasteiger partial charge in [-0.05, 0) is 12.5 Å². The molecule has 0 bridgehead atoms. The van der Waals surface area contributed by atoms with Gasteiger partial charge in [-0.3, -0.25) is 4.79 Å². The summed E-state index contributed by atoms with van der Waals surface area (Å²) in [5.41, 5.74) is 6.42. The predicted octanol–water partition coefficient (Wildman–Crippen LogP) is -0.188. The Bertz CT molecular complexity index is 287. The first kappa shape index (κ1) is 9.95. The molecule has 0 aliphatic carbocycles. The maximum absolute atomic E-state index is 10.7. The van der Waals surface area contributed by atoms with Gasteiger partial charge in [0, 0.05) is 31.4 Å². The Kier molecular flexibility index (Phi) is 3.67. The number of pyridine rings is 1. The molecule has 0 radical (unpaired) electrons. The van der Waals surface area contributed by atoms with Gasteiger partial charge in [0.2, 0.25) is 5.56 Å². The second kappa shape index (κ2) is 4.79. The van der Waals surface area contributed by atoms with E-state index < -0.39 is 0 Å². The molecule has 4 nitrogen and oxygen atoms in total. The Hall–Kier alpha value is -1.13. The molecule has 0 aliphatic heterocycles. The molecule has 0 fully saturated rings. The smallest absolute Gasteiger partial charge is 0.247 e. The van der Waals surface area contributed by atoms with Crippen molar-refractivity contribution in [1.82, 2.24) is 10.3 Å². The monoisotopic (exact) mass is 181 g/mol. The Morgan fingerprint density at radius 2 is 2.38 bits per heavy atom. The molecule has 1 unspecified atom stereocenters. The van der Waals surface area contributed by atoms with Crippen molar-refractivity contribution in [1.29, 1.82) is 0 Å². The normalized spacial score (nSPS) is 12.8. The fraction of sp³-hybridized carbons (Fsp3) is 0.444. The third kappa shape index (κ3) is 3.40. The SMILES string of the molecule is CC(CN)NCc1ccc(=O)[nH]c1. The highest BCUT2D eigenvalue weighted by atomic mass is 16.1. The molecule has 4 N–H and O–H groups in total. The quantitative estimate of drug-likeness (QED) is 0.603. The molecule has 72 valence electrons. The van der Waals surface area contributed by atoms with E-state index in [0.29, 0.717) is 12.6 Å². The van der Waals surface area contributed by atoms with E-state index >= 15 is 0 Å². The Morgan fingerprint density at radius 1 is 1.62 bits per heavy atom. The van der Waals surface area contributed by atoms with E-state index in [1.54, 1.807) is 12.3 Å². The highest BCUT2D eigenvalue weighted by molar-refractivity contribution is 5.08. The number of H-pyrrole nitrogens is 1. The number of nitrogens with two attached hydrogens (primary N) is 1. The number of hydrogen-bond acceptors (Lipinski definition) is 3. The van der Waals surface area contributed by atoms with Gasteiger partial charge in [-0.2, -0.15) is 0 Å². The maximum Gasteiger partial charge on any atom is 0.247 e. The number of aromatic amines is 1. The summed E-state index contributed by atoms with van der Waals surface area (Å²) in [4.78, 5) is 13.3. The molecule has 1 rings (SSSR count). The zero-order valence-electron chi connectivity index (χ0n) is 7.71. The molecule has 0 aromatic carbocycles. The van der Waals surface area contributed by atoms with Crippen LogP contribution >= 0.6 is 0 Å². The first-order valence-corrected chi connectivity index (χ1v) is 4.33. The zero-order chi connectivity index (χ0) is 9.68. The average molecular weight is 181 g/mol. The molecule has 1 atom stereocenters. The van der Waals surface area contributed by atoms with Crippen molar-refractivity contribution in [2.24, 2.45) is 5.73 Å². The van der Waals surface area contributed by atoms with E-state index in [-0.39, 0.29) is 5.56 Å². The topological polar surface area (TPSA) is 70.9 Å². The van der Waals surface area contributed by atoms with Crippen LogP contribution in [0.5, 0.6) is 0 Å². The van der Waals surface area contributed by atoms with Crippen molar-refractivity contribution < 1.29 is 0 Å². The molecular formula is C9H15N3O. The largest absolute Gasteiger partial charge is 0.329 e. The van der Waals surface area contributed by atoms with Crippen molar-refractivity contribution in [2.45, 2.75) is 19.5 Å². The summed E-state index contributed by atoms with van der Waals surface area (Å²) in [6, 6.07) is 3.62. The maximum atomic E-state index is 10.7. The van der Waals surface area contributed by atoms with Crippen molar-refractivity contribution in [3.63, 3.8) is 0 Å². The van der Waals surface area contributed by atoms with Gasteiger partial charge in [-0.25, -0.2) is 0 Å².